The summed E-state index contributed by atoms with van der Waals surface area (Å²) in [5.41, 5.74) is 1.56. The summed E-state index contributed by atoms with van der Waals surface area (Å²) in [6.45, 7) is 1.95. The van der Waals surface area contributed by atoms with Crippen LogP contribution in [-0.2, 0) is 13.1 Å². The van der Waals surface area contributed by atoms with E-state index in [-0.39, 0.29) is 5.91 Å². The van der Waals surface area contributed by atoms with Crippen LogP contribution in [0.1, 0.15) is 21.7 Å². The molecule has 0 unspecified atom stereocenters. The van der Waals surface area contributed by atoms with E-state index in [0.29, 0.717) is 43.5 Å². The minimum Gasteiger partial charge on any atom is -0.497 e. The lowest BCUT2D eigenvalue weighted by molar-refractivity contribution is 0.0948. The lowest BCUT2D eigenvalue weighted by Crippen LogP contribution is -2.38. The molecule has 32 heavy (non-hydrogen) atoms. The van der Waals surface area contributed by atoms with Crippen LogP contribution in [0, 0.1) is 0 Å². The number of furan rings is 1. The van der Waals surface area contributed by atoms with Crippen LogP contribution in [0.25, 0.3) is 0 Å². The van der Waals surface area contributed by atoms with Crippen LogP contribution in [0.4, 0.5) is 0 Å². The first-order valence-electron chi connectivity index (χ1n) is 10.3. The van der Waals surface area contributed by atoms with Crippen molar-refractivity contribution < 1.29 is 18.7 Å². The second kappa shape index (κ2) is 12.0. The fourth-order valence-electron chi connectivity index (χ4n) is 2.92. The third-order valence-electron chi connectivity index (χ3n) is 4.60. The third kappa shape index (κ3) is 7.09. The van der Waals surface area contributed by atoms with Gasteiger partial charge in [0.25, 0.3) is 5.91 Å². The normalized spacial score (nSPS) is 11.0. The number of guanidine groups is 1. The minimum atomic E-state index is -0.151. The van der Waals surface area contributed by atoms with E-state index in [9.17, 15) is 4.79 Å². The number of rotatable bonds is 10. The van der Waals surface area contributed by atoms with Crippen molar-refractivity contribution >= 4 is 11.9 Å². The van der Waals surface area contributed by atoms with Crippen LogP contribution in [-0.4, -0.2) is 39.2 Å². The van der Waals surface area contributed by atoms with Gasteiger partial charge in [0.1, 0.15) is 23.9 Å². The number of nitrogens with one attached hydrogen (secondary N) is 3. The van der Waals surface area contributed by atoms with Crippen molar-refractivity contribution in [1.29, 1.82) is 0 Å². The van der Waals surface area contributed by atoms with E-state index < -0.39 is 0 Å². The molecular formula is C24H28N4O4. The highest BCUT2D eigenvalue weighted by molar-refractivity contribution is 5.94. The SMILES string of the molecule is CN=C(NCCOc1ccc(OC)cc1)NCc1cccc(C(=O)NCc2ccco2)c1. The number of methoxy groups -OCH3 is 1. The molecule has 8 nitrogen and oxygen atoms in total. The van der Waals surface area contributed by atoms with Crippen LogP contribution in [0.5, 0.6) is 11.5 Å². The van der Waals surface area contributed by atoms with Gasteiger partial charge in [-0.25, -0.2) is 0 Å². The van der Waals surface area contributed by atoms with Crippen molar-refractivity contribution in [2.45, 2.75) is 13.1 Å². The second-order valence-corrected chi connectivity index (χ2v) is 6.84. The molecule has 8 heteroatoms. The van der Waals surface area contributed by atoms with Crippen LogP contribution in [0.2, 0.25) is 0 Å². The van der Waals surface area contributed by atoms with Crippen LogP contribution >= 0.6 is 0 Å². The highest BCUT2D eigenvalue weighted by Crippen LogP contribution is 2.16. The van der Waals surface area contributed by atoms with E-state index in [1.165, 1.54) is 0 Å². The molecule has 2 aromatic carbocycles. The zero-order valence-corrected chi connectivity index (χ0v) is 18.3. The number of ether oxygens (including phenoxy) is 2. The zero-order chi connectivity index (χ0) is 22.6. The number of amides is 1. The summed E-state index contributed by atoms with van der Waals surface area (Å²) in [6.07, 6.45) is 1.58. The summed E-state index contributed by atoms with van der Waals surface area (Å²) in [6, 6.07) is 18.5. The number of nitrogens with zero attached hydrogens (tertiary/aromatic N) is 1. The largest absolute Gasteiger partial charge is 0.497 e. The van der Waals surface area contributed by atoms with Crippen molar-refractivity contribution in [3.8, 4) is 11.5 Å². The molecule has 0 aliphatic carbocycles. The summed E-state index contributed by atoms with van der Waals surface area (Å²) >= 11 is 0. The molecule has 0 aliphatic heterocycles. The van der Waals surface area contributed by atoms with Gasteiger partial charge in [-0.3, -0.25) is 9.79 Å². The van der Waals surface area contributed by atoms with Crippen molar-refractivity contribution in [2.75, 3.05) is 27.3 Å². The van der Waals surface area contributed by atoms with Crippen molar-refractivity contribution in [3.05, 3.63) is 83.8 Å². The maximum atomic E-state index is 12.4. The van der Waals surface area contributed by atoms with Gasteiger partial charge in [-0.1, -0.05) is 12.1 Å². The Morgan fingerprint density at radius 1 is 0.969 bits per heavy atom. The van der Waals surface area contributed by atoms with Crippen molar-refractivity contribution in [1.82, 2.24) is 16.0 Å². The predicted octanol–water partition coefficient (Wildman–Crippen LogP) is 2.96. The van der Waals surface area contributed by atoms with Crippen LogP contribution in [0.3, 0.4) is 0 Å². The summed E-state index contributed by atoms with van der Waals surface area (Å²) in [4.78, 5) is 16.6. The van der Waals surface area contributed by atoms with E-state index in [1.54, 1.807) is 32.6 Å². The van der Waals surface area contributed by atoms with Gasteiger partial charge in [-0.05, 0) is 54.1 Å². The number of aliphatic imine (C=N–C) groups is 1. The quantitative estimate of drug-likeness (QED) is 0.257. The number of benzene rings is 2. The molecule has 0 atom stereocenters. The molecule has 1 amide bonds. The van der Waals surface area contributed by atoms with Gasteiger partial charge in [0.05, 0.1) is 26.5 Å². The molecule has 0 aliphatic rings. The molecule has 0 bridgehead atoms. The predicted molar refractivity (Wildman–Crippen MR) is 123 cm³/mol. The Hall–Kier alpha value is -3.94. The number of hydrogen-bond donors (Lipinski definition) is 3. The van der Waals surface area contributed by atoms with E-state index in [1.807, 2.05) is 48.5 Å². The molecule has 0 spiro atoms. The molecule has 0 radical (unpaired) electrons. The Labute approximate surface area is 187 Å². The molecule has 0 saturated carbocycles. The molecule has 3 N–H and O–H groups in total. The van der Waals surface area contributed by atoms with Gasteiger partial charge < -0.3 is 29.8 Å². The molecule has 1 aromatic heterocycles. The maximum Gasteiger partial charge on any atom is 0.251 e. The first-order valence-corrected chi connectivity index (χ1v) is 10.3. The van der Waals surface area contributed by atoms with Crippen LogP contribution < -0.4 is 25.4 Å². The summed E-state index contributed by atoms with van der Waals surface area (Å²) in [7, 11) is 3.34. The number of carbonyl (C=O) groups is 1. The summed E-state index contributed by atoms with van der Waals surface area (Å²) in [5, 5.41) is 9.29. The molecule has 0 fully saturated rings. The maximum absolute atomic E-state index is 12.4. The van der Waals surface area contributed by atoms with Gasteiger partial charge in [0.2, 0.25) is 0 Å². The van der Waals surface area contributed by atoms with Crippen molar-refractivity contribution in [2.24, 2.45) is 4.99 Å². The molecule has 168 valence electrons. The number of carbonyl (C=O) groups excluding carboxylic acids is 1. The molecule has 3 aromatic rings. The minimum absolute atomic E-state index is 0.151. The second-order valence-electron chi connectivity index (χ2n) is 6.84. The highest BCUT2D eigenvalue weighted by Gasteiger charge is 2.07. The lowest BCUT2D eigenvalue weighted by Gasteiger charge is -2.13. The van der Waals surface area contributed by atoms with Gasteiger partial charge in [0, 0.05) is 19.2 Å². The summed E-state index contributed by atoms with van der Waals surface area (Å²) < 4.78 is 16.1. The molecular weight excluding hydrogens is 408 g/mol. The van der Waals surface area contributed by atoms with E-state index in [0.717, 1.165) is 17.1 Å². The molecule has 3 rings (SSSR count). The Balaban J connectivity index is 1.41. The molecule has 1 heterocycles. The summed E-state index contributed by atoms with van der Waals surface area (Å²) in [5.74, 6) is 2.77. The average molecular weight is 437 g/mol. The van der Waals surface area contributed by atoms with E-state index in [4.69, 9.17) is 13.9 Å². The Bertz CT molecular complexity index is 1000. The fraction of sp³-hybridized carbons (Fsp3) is 0.250. The van der Waals surface area contributed by atoms with Gasteiger partial charge in [0.15, 0.2) is 5.96 Å². The standard InChI is InChI=1S/C24H28N4O4/c1-25-24(26-12-14-32-21-10-8-20(30-2)9-11-21)28-16-18-5-3-6-19(15-18)23(29)27-17-22-7-4-13-31-22/h3-11,13,15H,12,14,16-17H2,1-2H3,(H,27,29)(H2,25,26,28). The lowest BCUT2D eigenvalue weighted by atomic mass is 10.1. The monoisotopic (exact) mass is 436 g/mol. The Kier molecular flexibility index (Phi) is 8.56. The van der Waals surface area contributed by atoms with E-state index >= 15 is 0 Å². The topological polar surface area (TPSA) is 97.1 Å². The zero-order valence-electron chi connectivity index (χ0n) is 18.3. The average Bonchev–Trinajstić information content (AvgIpc) is 3.36. The first kappa shape index (κ1) is 22.7. The van der Waals surface area contributed by atoms with Gasteiger partial charge in [-0.2, -0.15) is 0 Å². The first-order chi connectivity index (χ1) is 15.7. The van der Waals surface area contributed by atoms with Crippen LogP contribution in [0.15, 0.2) is 76.3 Å². The molecule has 0 saturated heterocycles. The smallest absolute Gasteiger partial charge is 0.251 e. The van der Waals surface area contributed by atoms with Gasteiger partial charge in [-0.15, -0.1) is 0 Å². The highest BCUT2D eigenvalue weighted by atomic mass is 16.5. The Morgan fingerprint density at radius 3 is 2.50 bits per heavy atom. The van der Waals surface area contributed by atoms with E-state index in [2.05, 4.69) is 20.9 Å². The number of hydrogen-bond acceptors (Lipinski definition) is 5. The van der Waals surface area contributed by atoms with Gasteiger partial charge >= 0.3 is 0 Å². The fourth-order valence-corrected chi connectivity index (χ4v) is 2.92. The van der Waals surface area contributed by atoms with Crippen molar-refractivity contribution in [3.63, 3.8) is 0 Å². The Morgan fingerprint density at radius 2 is 1.78 bits per heavy atom. The third-order valence-corrected chi connectivity index (χ3v) is 4.60.